The molecule has 9 heteroatoms. The molecule has 1 unspecified atom stereocenters. The van der Waals surface area contributed by atoms with Crippen LogP contribution >= 0.6 is 0 Å². The molecule has 4 aromatic rings. The largest absolute Gasteiger partial charge is 0.322 e. The standard InChI is InChI=1S/C30H30N6O3/c37-28-13-12-27(29(38)34-28)36-19-21-11-10-20(15-23(21)30(36)39)7-3-1-2-6-14-35-18-22(16-32-35)26-17-31-24-8-4-5-9-25(24)33-26/h4-5,8-11,15-18,27H,1-3,6-7,12-14,19H2,(H,34,37,38). The van der Waals surface area contributed by atoms with Crippen LogP contribution in [0.2, 0.25) is 0 Å². The van der Waals surface area contributed by atoms with Crippen molar-refractivity contribution in [2.45, 2.75) is 64.1 Å². The lowest BCUT2D eigenvalue weighted by Gasteiger charge is -2.29. The zero-order valence-corrected chi connectivity index (χ0v) is 21.7. The van der Waals surface area contributed by atoms with Crippen LogP contribution in [0.1, 0.15) is 60.0 Å². The van der Waals surface area contributed by atoms with E-state index in [1.807, 2.05) is 53.5 Å². The van der Waals surface area contributed by atoms with Crippen molar-refractivity contribution in [3.63, 3.8) is 0 Å². The van der Waals surface area contributed by atoms with Gasteiger partial charge in [0, 0.05) is 36.8 Å². The van der Waals surface area contributed by atoms with E-state index in [1.54, 1.807) is 11.1 Å². The fraction of sp³-hybridized carbons (Fsp3) is 0.333. The highest BCUT2D eigenvalue weighted by Crippen LogP contribution is 2.28. The van der Waals surface area contributed by atoms with Crippen molar-refractivity contribution in [2.24, 2.45) is 0 Å². The monoisotopic (exact) mass is 522 g/mol. The first-order valence-corrected chi connectivity index (χ1v) is 13.6. The molecule has 6 rings (SSSR count). The number of piperidine rings is 1. The van der Waals surface area contributed by atoms with E-state index >= 15 is 0 Å². The molecule has 3 amide bonds. The zero-order valence-electron chi connectivity index (χ0n) is 21.7. The number of amides is 3. The predicted octanol–water partition coefficient (Wildman–Crippen LogP) is 4.06. The van der Waals surface area contributed by atoms with Crippen LogP contribution in [0.4, 0.5) is 0 Å². The minimum absolute atomic E-state index is 0.116. The number of rotatable bonds is 9. The van der Waals surface area contributed by atoms with Crippen LogP contribution in [-0.2, 0) is 29.1 Å². The molecule has 1 saturated heterocycles. The van der Waals surface area contributed by atoms with E-state index in [0.29, 0.717) is 18.5 Å². The van der Waals surface area contributed by atoms with Crippen LogP contribution < -0.4 is 5.32 Å². The Labute approximate surface area is 226 Å². The quantitative estimate of drug-likeness (QED) is 0.262. The third-order valence-corrected chi connectivity index (χ3v) is 7.57. The Hall–Kier alpha value is -4.40. The first-order chi connectivity index (χ1) is 19.0. The van der Waals surface area contributed by atoms with Crippen LogP contribution in [0.3, 0.4) is 0 Å². The summed E-state index contributed by atoms with van der Waals surface area (Å²) in [6.45, 7) is 1.27. The molecule has 0 aliphatic carbocycles. The third-order valence-electron chi connectivity index (χ3n) is 7.57. The molecule has 198 valence electrons. The van der Waals surface area contributed by atoms with Crippen molar-refractivity contribution in [3.8, 4) is 11.3 Å². The molecule has 2 aliphatic rings. The lowest BCUT2D eigenvalue weighted by Crippen LogP contribution is -2.52. The number of nitrogens with one attached hydrogen (secondary N) is 1. The molecule has 2 aliphatic heterocycles. The summed E-state index contributed by atoms with van der Waals surface area (Å²) in [4.78, 5) is 47.5. The minimum atomic E-state index is -0.572. The summed E-state index contributed by atoms with van der Waals surface area (Å²) in [5.74, 6) is -0.760. The summed E-state index contributed by atoms with van der Waals surface area (Å²) in [7, 11) is 0. The van der Waals surface area contributed by atoms with E-state index in [9.17, 15) is 14.4 Å². The highest BCUT2D eigenvalue weighted by molar-refractivity contribution is 6.05. The number of hydrogen-bond donors (Lipinski definition) is 1. The number of carbonyl (C=O) groups is 3. The van der Waals surface area contributed by atoms with E-state index in [2.05, 4.69) is 21.5 Å². The molecule has 2 aromatic heterocycles. The second kappa shape index (κ2) is 10.8. The lowest BCUT2D eigenvalue weighted by molar-refractivity contribution is -0.136. The normalized spacial score (nSPS) is 17.1. The molecule has 0 spiro atoms. The van der Waals surface area contributed by atoms with Gasteiger partial charge in [0.05, 0.1) is 29.1 Å². The van der Waals surface area contributed by atoms with Gasteiger partial charge in [-0.1, -0.05) is 37.1 Å². The Morgan fingerprint density at radius 1 is 0.949 bits per heavy atom. The summed E-state index contributed by atoms with van der Waals surface area (Å²) in [5.41, 5.74) is 6.32. The van der Waals surface area contributed by atoms with E-state index < -0.39 is 6.04 Å². The molecule has 2 aromatic carbocycles. The number of aromatic nitrogens is 4. The van der Waals surface area contributed by atoms with Gasteiger partial charge in [-0.3, -0.25) is 29.4 Å². The first-order valence-electron chi connectivity index (χ1n) is 13.6. The van der Waals surface area contributed by atoms with Crippen LogP contribution in [0.15, 0.2) is 61.1 Å². The zero-order chi connectivity index (χ0) is 26.8. The molecular formula is C30H30N6O3. The molecule has 4 heterocycles. The maximum Gasteiger partial charge on any atom is 0.255 e. The highest BCUT2D eigenvalue weighted by atomic mass is 16.2. The highest BCUT2D eigenvalue weighted by Gasteiger charge is 2.39. The Bertz CT molecular complexity index is 1560. The number of unbranched alkanes of at least 4 members (excludes halogenated alkanes) is 3. The van der Waals surface area contributed by atoms with Gasteiger partial charge in [0.15, 0.2) is 0 Å². The van der Waals surface area contributed by atoms with Gasteiger partial charge in [0.25, 0.3) is 5.91 Å². The van der Waals surface area contributed by atoms with Crippen molar-refractivity contribution in [1.82, 2.24) is 30.0 Å². The summed E-state index contributed by atoms with van der Waals surface area (Å²) in [6.07, 6.45) is 11.5. The van der Waals surface area contributed by atoms with E-state index in [4.69, 9.17) is 4.98 Å². The van der Waals surface area contributed by atoms with Crippen LogP contribution in [0.25, 0.3) is 22.3 Å². The van der Waals surface area contributed by atoms with Crippen molar-refractivity contribution in [2.75, 3.05) is 0 Å². The van der Waals surface area contributed by atoms with Gasteiger partial charge in [-0.15, -0.1) is 0 Å². The number of benzene rings is 2. The number of aryl methyl sites for hydroxylation is 2. The molecule has 9 nitrogen and oxygen atoms in total. The van der Waals surface area contributed by atoms with Crippen molar-refractivity contribution < 1.29 is 14.4 Å². The number of nitrogens with zero attached hydrogens (tertiary/aromatic N) is 5. The van der Waals surface area contributed by atoms with Gasteiger partial charge in [0.2, 0.25) is 11.8 Å². The van der Waals surface area contributed by atoms with Crippen LogP contribution in [0.5, 0.6) is 0 Å². The van der Waals surface area contributed by atoms with Crippen molar-refractivity contribution in [1.29, 1.82) is 0 Å². The fourth-order valence-electron chi connectivity index (χ4n) is 5.43. The summed E-state index contributed by atoms with van der Waals surface area (Å²) >= 11 is 0. The average Bonchev–Trinajstić information content (AvgIpc) is 3.55. The molecular weight excluding hydrogens is 492 g/mol. The Kier molecular flexibility index (Phi) is 6.87. The molecule has 1 atom stereocenters. The maximum absolute atomic E-state index is 13.0. The van der Waals surface area contributed by atoms with Gasteiger partial charge in [-0.05, 0) is 55.0 Å². The van der Waals surface area contributed by atoms with E-state index in [-0.39, 0.29) is 24.1 Å². The average molecular weight is 523 g/mol. The topological polar surface area (TPSA) is 110 Å². The summed E-state index contributed by atoms with van der Waals surface area (Å²) in [6, 6.07) is 13.3. The smallest absolute Gasteiger partial charge is 0.255 e. The van der Waals surface area contributed by atoms with E-state index in [1.165, 1.54) is 0 Å². The van der Waals surface area contributed by atoms with Gasteiger partial charge >= 0.3 is 0 Å². The SMILES string of the molecule is O=C1CCC(N2Cc3ccc(CCCCCCn4cc(-c5cnc6ccccc6n5)cn4)cc3C2=O)C(=O)N1. The number of carbonyl (C=O) groups excluding carboxylic acids is 3. The summed E-state index contributed by atoms with van der Waals surface area (Å²) < 4.78 is 1.96. The Morgan fingerprint density at radius 2 is 1.79 bits per heavy atom. The number of imide groups is 1. The molecule has 1 N–H and O–H groups in total. The summed E-state index contributed by atoms with van der Waals surface area (Å²) in [5, 5.41) is 6.85. The van der Waals surface area contributed by atoms with Crippen molar-refractivity contribution in [3.05, 3.63) is 77.7 Å². The Balaban J connectivity index is 0.958. The molecule has 0 radical (unpaired) electrons. The molecule has 0 saturated carbocycles. The minimum Gasteiger partial charge on any atom is -0.322 e. The fourth-order valence-corrected chi connectivity index (χ4v) is 5.43. The molecule has 0 bridgehead atoms. The first kappa shape index (κ1) is 24.9. The second-order valence-electron chi connectivity index (χ2n) is 10.3. The van der Waals surface area contributed by atoms with Gasteiger partial charge in [-0.25, -0.2) is 4.98 Å². The number of fused-ring (bicyclic) bond motifs is 2. The van der Waals surface area contributed by atoms with Gasteiger partial charge < -0.3 is 4.90 Å². The van der Waals surface area contributed by atoms with Crippen LogP contribution in [0, 0.1) is 0 Å². The van der Waals surface area contributed by atoms with Crippen molar-refractivity contribution >= 4 is 28.8 Å². The van der Waals surface area contributed by atoms with Gasteiger partial charge in [-0.2, -0.15) is 5.10 Å². The number of para-hydroxylation sites is 2. The predicted molar refractivity (Wildman–Crippen MR) is 145 cm³/mol. The number of hydrogen-bond acceptors (Lipinski definition) is 6. The molecule has 1 fully saturated rings. The third kappa shape index (κ3) is 5.30. The Morgan fingerprint density at radius 3 is 2.67 bits per heavy atom. The van der Waals surface area contributed by atoms with E-state index in [0.717, 1.165) is 72.1 Å². The van der Waals surface area contributed by atoms with Crippen LogP contribution in [-0.4, -0.2) is 48.4 Å². The lowest BCUT2D eigenvalue weighted by atomic mass is 10.0. The maximum atomic E-state index is 13.0. The molecule has 39 heavy (non-hydrogen) atoms. The second-order valence-corrected chi connectivity index (χ2v) is 10.3. The van der Waals surface area contributed by atoms with Gasteiger partial charge in [0.1, 0.15) is 6.04 Å².